The summed E-state index contributed by atoms with van der Waals surface area (Å²) in [5.41, 5.74) is 0.914. The van der Waals surface area contributed by atoms with Crippen LogP contribution in [-0.4, -0.2) is 30.4 Å². The van der Waals surface area contributed by atoms with Crippen LogP contribution >= 0.6 is 0 Å². The molecule has 0 aliphatic heterocycles. The molecule has 130 valence electrons. The van der Waals surface area contributed by atoms with Crippen molar-refractivity contribution in [3.05, 3.63) is 29.8 Å². The fourth-order valence-corrected chi connectivity index (χ4v) is 2.87. The van der Waals surface area contributed by atoms with Gasteiger partial charge in [0, 0.05) is 36.7 Å². The van der Waals surface area contributed by atoms with Gasteiger partial charge in [0.05, 0.1) is 0 Å². The Morgan fingerprint density at radius 3 is 2.67 bits per heavy atom. The molecule has 3 amide bonds. The Morgan fingerprint density at radius 2 is 2.00 bits per heavy atom. The van der Waals surface area contributed by atoms with Gasteiger partial charge in [0.25, 0.3) is 5.91 Å². The SMILES string of the molecule is O=C(Nc1cccc(C(=O)NC[C@@H]2CCC(F)(F)C2)c1)NC1CC1. The first-order valence-electron chi connectivity index (χ1n) is 8.25. The summed E-state index contributed by atoms with van der Waals surface area (Å²) in [6.07, 6.45) is 2.14. The molecule has 0 radical (unpaired) electrons. The first-order chi connectivity index (χ1) is 11.4. The largest absolute Gasteiger partial charge is 0.352 e. The molecule has 24 heavy (non-hydrogen) atoms. The number of nitrogens with one attached hydrogen (secondary N) is 3. The second-order valence-electron chi connectivity index (χ2n) is 6.63. The third kappa shape index (κ3) is 4.66. The van der Waals surface area contributed by atoms with Crippen LogP contribution in [0, 0.1) is 5.92 Å². The summed E-state index contributed by atoms with van der Waals surface area (Å²) in [5.74, 6) is -3.11. The lowest BCUT2D eigenvalue weighted by Gasteiger charge is -2.12. The van der Waals surface area contributed by atoms with E-state index in [4.69, 9.17) is 0 Å². The third-order valence-electron chi connectivity index (χ3n) is 4.35. The number of carbonyl (C=O) groups excluding carboxylic acids is 2. The summed E-state index contributed by atoms with van der Waals surface area (Å²) in [7, 11) is 0. The van der Waals surface area contributed by atoms with Gasteiger partial charge >= 0.3 is 6.03 Å². The van der Waals surface area contributed by atoms with Crippen molar-refractivity contribution in [3.63, 3.8) is 0 Å². The van der Waals surface area contributed by atoms with Crippen LogP contribution in [0.1, 0.15) is 42.5 Å². The number of carbonyl (C=O) groups is 2. The summed E-state index contributed by atoms with van der Waals surface area (Å²) in [4.78, 5) is 23.9. The average molecular weight is 337 g/mol. The van der Waals surface area contributed by atoms with E-state index < -0.39 is 5.92 Å². The van der Waals surface area contributed by atoms with Gasteiger partial charge in [-0.2, -0.15) is 0 Å². The third-order valence-corrected chi connectivity index (χ3v) is 4.35. The Labute approximate surface area is 139 Å². The molecular weight excluding hydrogens is 316 g/mol. The highest BCUT2D eigenvalue weighted by Gasteiger charge is 2.39. The van der Waals surface area contributed by atoms with E-state index in [-0.39, 0.29) is 43.3 Å². The number of hydrogen-bond acceptors (Lipinski definition) is 2. The average Bonchev–Trinajstić information content (AvgIpc) is 3.26. The zero-order valence-electron chi connectivity index (χ0n) is 13.3. The highest BCUT2D eigenvalue weighted by Crippen LogP contribution is 2.38. The van der Waals surface area contributed by atoms with Crippen LogP contribution in [-0.2, 0) is 0 Å². The summed E-state index contributed by atoms with van der Waals surface area (Å²) >= 11 is 0. The maximum atomic E-state index is 13.2. The van der Waals surface area contributed by atoms with E-state index in [2.05, 4.69) is 16.0 Å². The van der Waals surface area contributed by atoms with Gasteiger partial charge in [-0.1, -0.05) is 6.07 Å². The maximum absolute atomic E-state index is 13.2. The first-order valence-corrected chi connectivity index (χ1v) is 8.25. The number of anilines is 1. The van der Waals surface area contributed by atoms with Crippen molar-refractivity contribution in [2.24, 2.45) is 5.92 Å². The molecular formula is C17H21F2N3O2. The number of amides is 3. The smallest absolute Gasteiger partial charge is 0.319 e. The van der Waals surface area contributed by atoms with E-state index >= 15 is 0 Å². The summed E-state index contributed by atoms with van der Waals surface area (Å²) in [5, 5.41) is 8.19. The molecule has 0 bridgehead atoms. The molecule has 0 spiro atoms. The molecule has 0 heterocycles. The predicted molar refractivity (Wildman–Crippen MR) is 86.2 cm³/mol. The fraction of sp³-hybridized carbons (Fsp3) is 0.529. The lowest BCUT2D eigenvalue weighted by Crippen LogP contribution is -2.31. The molecule has 2 fully saturated rings. The number of hydrogen-bond donors (Lipinski definition) is 3. The van der Waals surface area contributed by atoms with Gasteiger partial charge < -0.3 is 16.0 Å². The van der Waals surface area contributed by atoms with E-state index in [0.717, 1.165) is 12.8 Å². The van der Waals surface area contributed by atoms with Crippen molar-refractivity contribution in [1.29, 1.82) is 0 Å². The number of alkyl halides is 2. The minimum absolute atomic E-state index is 0.108. The Balaban J connectivity index is 1.51. The number of benzene rings is 1. The Morgan fingerprint density at radius 1 is 1.21 bits per heavy atom. The van der Waals surface area contributed by atoms with Crippen molar-refractivity contribution in [2.75, 3.05) is 11.9 Å². The lowest BCUT2D eigenvalue weighted by molar-refractivity contribution is 0.00504. The molecule has 1 aromatic rings. The van der Waals surface area contributed by atoms with Gasteiger partial charge in [0.2, 0.25) is 5.92 Å². The molecule has 5 nitrogen and oxygen atoms in total. The molecule has 0 saturated heterocycles. The molecule has 3 N–H and O–H groups in total. The van der Waals surface area contributed by atoms with E-state index in [0.29, 0.717) is 17.7 Å². The predicted octanol–water partition coefficient (Wildman–Crippen LogP) is 3.14. The van der Waals surface area contributed by atoms with Crippen molar-refractivity contribution in [1.82, 2.24) is 10.6 Å². The van der Waals surface area contributed by atoms with Crippen molar-refractivity contribution in [3.8, 4) is 0 Å². The quantitative estimate of drug-likeness (QED) is 0.772. The molecule has 1 aromatic carbocycles. The van der Waals surface area contributed by atoms with E-state index in [1.165, 1.54) is 0 Å². The molecule has 2 saturated carbocycles. The van der Waals surface area contributed by atoms with E-state index in [1.54, 1.807) is 24.3 Å². The standard InChI is InChI=1S/C17H21F2N3O2/c18-17(19)7-6-11(9-17)10-20-15(23)12-2-1-3-14(8-12)22-16(24)21-13-4-5-13/h1-3,8,11,13H,4-7,9-10H2,(H,20,23)(H2,21,22,24)/t11-/m1/s1. The normalized spacial score (nSPS) is 22.0. The highest BCUT2D eigenvalue weighted by atomic mass is 19.3. The van der Waals surface area contributed by atoms with Crippen molar-refractivity contribution < 1.29 is 18.4 Å². The van der Waals surface area contributed by atoms with Crippen LogP contribution in [0.4, 0.5) is 19.3 Å². The monoisotopic (exact) mass is 337 g/mol. The van der Waals surface area contributed by atoms with Crippen LogP contribution in [0.2, 0.25) is 0 Å². The summed E-state index contributed by atoms with van der Waals surface area (Å²) in [6.45, 7) is 0.244. The molecule has 0 aromatic heterocycles. The van der Waals surface area contributed by atoms with Crippen LogP contribution in [0.15, 0.2) is 24.3 Å². The van der Waals surface area contributed by atoms with Gasteiger partial charge in [0.1, 0.15) is 0 Å². The Bertz CT molecular complexity index is 632. The molecule has 2 aliphatic carbocycles. The van der Waals surface area contributed by atoms with Gasteiger partial charge in [-0.25, -0.2) is 13.6 Å². The van der Waals surface area contributed by atoms with Gasteiger partial charge in [-0.15, -0.1) is 0 Å². The summed E-state index contributed by atoms with van der Waals surface area (Å²) in [6, 6.07) is 6.53. The number of rotatable bonds is 5. The van der Waals surface area contributed by atoms with Crippen molar-refractivity contribution >= 4 is 17.6 Å². The number of urea groups is 1. The topological polar surface area (TPSA) is 70.2 Å². The lowest BCUT2D eigenvalue weighted by atomic mass is 10.1. The van der Waals surface area contributed by atoms with E-state index in [1.807, 2.05) is 0 Å². The van der Waals surface area contributed by atoms with Gasteiger partial charge in [0.15, 0.2) is 0 Å². The number of halogens is 2. The Hall–Kier alpha value is -2.18. The minimum Gasteiger partial charge on any atom is -0.352 e. The van der Waals surface area contributed by atoms with Crippen LogP contribution in [0.25, 0.3) is 0 Å². The molecule has 2 aliphatic rings. The van der Waals surface area contributed by atoms with Crippen LogP contribution in [0.3, 0.4) is 0 Å². The maximum Gasteiger partial charge on any atom is 0.319 e. The highest BCUT2D eigenvalue weighted by molar-refractivity contribution is 5.96. The van der Waals surface area contributed by atoms with E-state index in [9.17, 15) is 18.4 Å². The first kappa shape index (κ1) is 16.7. The van der Waals surface area contributed by atoms with Gasteiger partial charge in [-0.3, -0.25) is 4.79 Å². The Kier molecular flexibility index (Phi) is 4.69. The molecule has 3 rings (SSSR count). The second kappa shape index (κ2) is 6.75. The molecule has 1 atom stereocenters. The molecule has 0 unspecified atom stereocenters. The minimum atomic E-state index is -2.60. The zero-order chi connectivity index (χ0) is 17.2. The summed E-state index contributed by atoms with van der Waals surface area (Å²) < 4.78 is 26.3. The zero-order valence-corrected chi connectivity index (χ0v) is 13.3. The fourth-order valence-electron chi connectivity index (χ4n) is 2.87. The van der Waals surface area contributed by atoms with Crippen molar-refractivity contribution in [2.45, 2.75) is 44.1 Å². The van der Waals surface area contributed by atoms with Crippen LogP contribution in [0.5, 0.6) is 0 Å². The van der Waals surface area contributed by atoms with Crippen LogP contribution < -0.4 is 16.0 Å². The molecule has 7 heteroatoms. The second-order valence-corrected chi connectivity index (χ2v) is 6.63. The van der Waals surface area contributed by atoms with Gasteiger partial charge in [-0.05, 0) is 43.4 Å².